The van der Waals surface area contributed by atoms with Crippen molar-refractivity contribution in [2.75, 3.05) is 11.4 Å². The molecule has 3 rings (SSSR count). The Labute approximate surface area is 136 Å². The molecule has 1 heterocycles. The summed E-state index contributed by atoms with van der Waals surface area (Å²) in [6.07, 6.45) is 4.35. The molecule has 23 heavy (non-hydrogen) atoms. The van der Waals surface area contributed by atoms with E-state index in [1.54, 1.807) is 4.90 Å². The van der Waals surface area contributed by atoms with Crippen LogP contribution in [0.2, 0.25) is 0 Å². The second kappa shape index (κ2) is 6.32. The summed E-state index contributed by atoms with van der Waals surface area (Å²) >= 11 is 0. The summed E-state index contributed by atoms with van der Waals surface area (Å²) in [5.41, 5.74) is 0.611. The molecule has 124 valence electrons. The number of nitrogens with zero attached hydrogens (tertiary/aromatic N) is 1. The number of hydrogen-bond donors (Lipinski definition) is 2. The molecule has 1 saturated heterocycles. The maximum Gasteiger partial charge on any atom is 0.252 e. The zero-order valence-electron chi connectivity index (χ0n) is 13.5. The van der Waals surface area contributed by atoms with Crippen molar-refractivity contribution in [2.24, 2.45) is 0 Å². The molecule has 2 N–H and O–H groups in total. The molecule has 1 aromatic rings. The third kappa shape index (κ3) is 3.24. The van der Waals surface area contributed by atoms with E-state index in [1.165, 1.54) is 0 Å². The van der Waals surface area contributed by atoms with E-state index < -0.39 is 5.60 Å². The molecule has 1 saturated carbocycles. The number of amides is 2. The van der Waals surface area contributed by atoms with Crippen LogP contribution in [0.25, 0.3) is 0 Å². The summed E-state index contributed by atoms with van der Waals surface area (Å²) in [7, 11) is 0. The van der Waals surface area contributed by atoms with Gasteiger partial charge in [-0.1, -0.05) is 12.1 Å². The molecule has 5 heteroatoms. The van der Waals surface area contributed by atoms with Crippen molar-refractivity contribution in [3.63, 3.8) is 0 Å². The van der Waals surface area contributed by atoms with E-state index in [4.69, 9.17) is 0 Å². The van der Waals surface area contributed by atoms with E-state index in [9.17, 15) is 14.7 Å². The van der Waals surface area contributed by atoms with Crippen LogP contribution in [0.15, 0.2) is 24.3 Å². The number of rotatable bonds is 4. The monoisotopic (exact) mass is 316 g/mol. The van der Waals surface area contributed by atoms with E-state index in [-0.39, 0.29) is 17.9 Å². The third-order valence-electron chi connectivity index (χ3n) is 4.96. The Balaban J connectivity index is 1.71. The molecule has 1 aliphatic heterocycles. The molecule has 1 aliphatic carbocycles. The minimum atomic E-state index is -1.21. The summed E-state index contributed by atoms with van der Waals surface area (Å²) in [4.78, 5) is 26.0. The zero-order valence-corrected chi connectivity index (χ0v) is 13.5. The first-order chi connectivity index (χ1) is 11.0. The summed E-state index contributed by atoms with van der Waals surface area (Å²) in [5, 5.41) is 13.3. The van der Waals surface area contributed by atoms with Gasteiger partial charge in [-0.25, -0.2) is 0 Å². The SMILES string of the molecule is CC(NC(=O)C1(O)CCCC1)c1cccc(N2CCCC2=O)c1. The Bertz CT molecular complexity index is 608. The van der Waals surface area contributed by atoms with Crippen molar-refractivity contribution in [3.05, 3.63) is 29.8 Å². The first-order valence-electron chi connectivity index (χ1n) is 8.43. The minimum absolute atomic E-state index is 0.152. The van der Waals surface area contributed by atoms with E-state index in [0.717, 1.165) is 37.1 Å². The quantitative estimate of drug-likeness (QED) is 0.895. The normalized spacial score (nSPS) is 21.5. The van der Waals surface area contributed by atoms with Crippen LogP contribution in [-0.4, -0.2) is 29.1 Å². The van der Waals surface area contributed by atoms with Gasteiger partial charge in [-0.3, -0.25) is 9.59 Å². The lowest BCUT2D eigenvalue weighted by molar-refractivity contribution is -0.139. The fourth-order valence-electron chi connectivity index (χ4n) is 3.48. The lowest BCUT2D eigenvalue weighted by Crippen LogP contribution is -2.45. The largest absolute Gasteiger partial charge is 0.380 e. The molecule has 2 amide bonds. The number of carbonyl (C=O) groups is 2. The van der Waals surface area contributed by atoms with Crippen LogP contribution >= 0.6 is 0 Å². The first kappa shape index (κ1) is 16.0. The van der Waals surface area contributed by atoms with Crippen LogP contribution in [0.3, 0.4) is 0 Å². The highest BCUT2D eigenvalue weighted by Gasteiger charge is 2.39. The van der Waals surface area contributed by atoms with E-state index in [0.29, 0.717) is 19.3 Å². The molecule has 1 unspecified atom stereocenters. The summed E-state index contributed by atoms with van der Waals surface area (Å²) in [5.74, 6) is -0.135. The van der Waals surface area contributed by atoms with Gasteiger partial charge in [-0.2, -0.15) is 0 Å². The fourth-order valence-corrected chi connectivity index (χ4v) is 3.48. The van der Waals surface area contributed by atoms with Gasteiger partial charge >= 0.3 is 0 Å². The molecule has 0 spiro atoms. The van der Waals surface area contributed by atoms with Crippen molar-refractivity contribution in [2.45, 2.75) is 57.1 Å². The maximum atomic E-state index is 12.3. The minimum Gasteiger partial charge on any atom is -0.380 e. The summed E-state index contributed by atoms with van der Waals surface area (Å²) in [6, 6.07) is 7.51. The fraction of sp³-hybridized carbons (Fsp3) is 0.556. The topological polar surface area (TPSA) is 69.6 Å². The number of anilines is 1. The lowest BCUT2D eigenvalue weighted by atomic mass is 10.00. The van der Waals surface area contributed by atoms with Gasteiger partial charge in [-0.05, 0) is 56.7 Å². The number of benzene rings is 1. The molecule has 0 aromatic heterocycles. The lowest BCUT2D eigenvalue weighted by Gasteiger charge is -2.25. The second-order valence-corrected chi connectivity index (χ2v) is 6.68. The van der Waals surface area contributed by atoms with Crippen LogP contribution in [0.5, 0.6) is 0 Å². The van der Waals surface area contributed by atoms with Crippen LogP contribution in [-0.2, 0) is 9.59 Å². The van der Waals surface area contributed by atoms with Crippen LogP contribution in [0.1, 0.15) is 57.1 Å². The molecule has 0 radical (unpaired) electrons. The number of aliphatic hydroxyl groups is 1. The molecule has 5 nitrogen and oxygen atoms in total. The third-order valence-corrected chi connectivity index (χ3v) is 4.96. The predicted molar refractivity (Wildman–Crippen MR) is 88.0 cm³/mol. The predicted octanol–water partition coefficient (Wildman–Crippen LogP) is 2.30. The van der Waals surface area contributed by atoms with Crippen molar-refractivity contribution >= 4 is 17.5 Å². The van der Waals surface area contributed by atoms with Gasteiger partial charge in [0.2, 0.25) is 5.91 Å². The highest BCUT2D eigenvalue weighted by Crippen LogP contribution is 2.31. The molecule has 1 atom stereocenters. The molecule has 2 aliphatic rings. The van der Waals surface area contributed by atoms with Crippen LogP contribution in [0.4, 0.5) is 5.69 Å². The van der Waals surface area contributed by atoms with Crippen molar-refractivity contribution < 1.29 is 14.7 Å². The Hall–Kier alpha value is -1.88. The molecular formula is C18H24N2O3. The summed E-state index contributed by atoms with van der Waals surface area (Å²) < 4.78 is 0. The summed E-state index contributed by atoms with van der Waals surface area (Å²) in [6.45, 7) is 2.66. The Morgan fingerprint density at radius 2 is 2.04 bits per heavy atom. The standard InChI is InChI=1S/C18H24N2O3/c1-13(19-17(22)18(23)9-2-3-10-18)14-6-4-7-15(12-14)20-11-5-8-16(20)21/h4,6-7,12-13,23H,2-3,5,8-11H2,1H3,(H,19,22). The van der Waals surface area contributed by atoms with Crippen LogP contribution in [0, 0.1) is 0 Å². The average molecular weight is 316 g/mol. The molecule has 1 aromatic carbocycles. The van der Waals surface area contributed by atoms with Gasteiger partial charge < -0.3 is 15.3 Å². The highest BCUT2D eigenvalue weighted by molar-refractivity contribution is 5.95. The molecule has 0 bridgehead atoms. The Morgan fingerprint density at radius 1 is 1.30 bits per heavy atom. The van der Waals surface area contributed by atoms with Gasteiger partial charge in [0.05, 0.1) is 6.04 Å². The van der Waals surface area contributed by atoms with Crippen molar-refractivity contribution in [1.29, 1.82) is 0 Å². The van der Waals surface area contributed by atoms with Gasteiger partial charge in [0.1, 0.15) is 5.60 Å². The zero-order chi connectivity index (χ0) is 16.4. The van der Waals surface area contributed by atoms with Gasteiger partial charge in [0, 0.05) is 18.7 Å². The molecular weight excluding hydrogens is 292 g/mol. The van der Waals surface area contributed by atoms with E-state index >= 15 is 0 Å². The van der Waals surface area contributed by atoms with Crippen molar-refractivity contribution in [1.82, 2.24) is 5.32 Å². The van der Waals surface area contributed by atoms with Crippen molar-refractivity contribution in [3.8, 4) is 0 Å². The maximum absolute atomic E-state index is 12.3. The van der Waals surface area contributed by atoms with E-state index in [1.807, 2.05) is 31.2 Å². The second-order valence-electron chi connectivity index (χ2n) is 6.68. The van der Waals surface area contributed by atoms with Gasteiger partial charge in [0.25, 0.3) is 5.91 Å². The number of carbonyl (C=O) groups excluding carboxylic acids is 2. The average Bonchev–Trinajstić information content (AvgIpc) is 3.17. The number of nitrogens with one attached hydrogen (secondary N) is 1. The highest BCUT2D eigenvalue weighted by atomic mass is 16.3. The Kier molecular flexibility index (Phi) is 4.39. The first-order valence-corrected chi connectivity index (χ1v) is 8.43. The van der Waals surface area contributed by atoms with Crippen LogP contribution < -0.4 is 10.2 Å². The smallest absolute Gasteiger partial charge is 0.252 e. The van der Waals surface area contributed by atoms with E-state index in [2.05, 4.69) is 5.32 Å². The van der Waals surface area contributed by atoms with Gasteiger partial charge in [-0.15, -0.1) is 0 Å². The molecule has 2 fully saturated rings. The Morgan fingerprint density at radius 3 is 2.70 bits per heavy atom. The number of hydrogen-bond acceptors (Lipinski definition) is 3. The van der Waals surface area contributed by atoms with Gasteiger partial charge in [0.15, 0.2) is 0 Å².